The van der Waals surface area contributed by atoms with Gasteiger partial charge in [-0.2, -0.15) is 0 Å². The fourth-order valence-corrected chi connectivity index (χ4v) is 4.03. The fraction of sp³-hybridized carbons (Fsp3) is 0.174. The topological polar surface area (TPSA) is 70.5 Å². The number of hydrogen-bond acceptors (Lipinski definition) is 4. The van der Waals surface area contributed by atoms with Crippen LogP contribution >= 0.6 is 15.9 Å². The van der Waals surface area contributed by atoms with Gasteiger partial charge in [0.1, 0.15) is 0 Å². The van der Waals surface area contributed by atoms with Crippen molar-refractivity contribution in [2.24, 2.45) is 0 Å². The molecule has 1 atom stereocenters. The normalized spacial score (nSPS) is 18.0. The molecule has 1 unspecified atom stereocenters. The molecule has 1 aliphatic heterocycles. The molecule has 3 aromatic rings. The van der Waals surface area contributed by atoms with E-state index in [1.165, 1.54) is 12.4 Å². The number of ketones is 1. The Morgan fingerprint density at radius 2 is 1.79 bits per heavy atom. The maximum absolute atomic E-state index is 13.3. The highest BCUT2D eigenvalue weighted by Gasteiger charge is 2.50. The third kappa shape index (κ3) is 3.73. The van der Waals surface area contributed by atoms with E-state index in [4.69, 9.17) is 0 Å². The Morgan fingerprint density at radius 1 is 1.07 bits per heavy atom. The van der Waals surface area contributed by atoms with E-state index >= 15 is 0 Å². The van der Waals surface area contributed by atoms with Crippen LogP contribution in [0.25, 0.3) is 0 Å². The Labute approximate surface area is 177 Å². The van der Waals surface area contributed by atoms with Crippen LogP contribution in [0.3, 0.4) is 0 Å². The zero-order chi connectivity index (χ0) is 20.4. The van der Waals surface area contributed by atoms with Crippen molar-refractivity contribution in [3.63, 3.8) is 0 Å². The molecule has 146 valence electrons. The third-order valence-corrected chi connectivity index (χ3v) is 5.67. The average Bonchev–Trinajstić information content (AvgIpc) is 2.94. The zero-order valence-electron chi connectivity index (χ0n) is 15.6. The number of nitrogens with zero attached hydrogens (tertiary/aromatic N) is 2. The van der Waals surface area contributed by atoms with Gasteiger partial charge < -0.3 is 10.0 Å². The SMILES string of the molecule is O=C(CC1(O)C(=O)N(CCc2ccccc2)c2ccc(Br)cc21)c1ccncc1. The second kappa shape index (κ2) is 7.89. The highest BCUT2D eigenvalue weighted by molar-refractivity contribution is 9.10. The monoisotopic (exact) mass is 450 g/mol. The number of aromatic nitrogens is 1. The second-order valence-electron chi connectivity index (χ2n) is 7.05. The summed E-state index contributed by atoms with van der Waals surface area (Å²) in [6.07, 6.45) is 3.37. The number of hydrogen-bond donors (Lipinski definition) is 1. The van der Waals surface area contributed by atoms with Crippen LogP contribution < -0.4 is 4.90 Å². The molecule has 29 heavy (non-hydrogen) atoms. The number of halogens is 1. The second-order valence-corrected chi connectivity index (χ2v) is 7.97. The van der Waals surface area contributed by atoms with Crippen LogP contribution in [0.4, 0.5) is 5.69 Å². The van der Waals surface area contributed by atoms with Crippen molar-refractivity contribution in [3.05, 3.63) is 94.2 Å². The summed E-state index contributed by atoms with van der Waals surface area (Å²) in [5, 5.41) is 11.4. The molecule has 6 heteroatoms. The Bertz CT molecular complexity index is 1060. The van der Waals surface area contributed by atoms with Crippen LogP contribution in [0.2, 0.25) is 0 Å². The number of Topliss-reactive ketones (excluding diaryl/α,β-unsaturated/α-hetero) is 1. The number of rotatable bonds is 6. The maximum atomic E-state index is 13.3. The summed E-state index contributed by atoms with van der Waals surface area (Å²) in [4.78, 5) is 31.5. The lowest BCUT2D eigenvalue weighted by molar-refractivity contribution is -0.135. The van der Waals surface area contributed by atoms with Crippen LogP contribution in [0.1, 0.15) is 27.9 Å². The van der Waals surface area contributed by atoms with Crippen LogP contribution in [-0.4, -0.2) is 28.3 Å². The maximum Gasteiger partial charge on any atom is 0.264 e. The number of benzene rings is 2. The Hall–Kier alpha value is -2.83. The van der Waals surface area contributed by atoms with E-state index in [-0.39, 0.29) is 12.2 Å². The number of fused-ring (bicyclic) bond motifs is 1. The number of anilines is 1. The number of carbonyl (C=O) groups excluding carboxylic acids is 2. The van der Waals surface area contributed by atoms with E-state index in [1.54, 1.807) is 29.2 Å². The number of carbonyl (C=O) groups is 2. The summed E-state index contributed by atoms with van der Waals surface area (Å²) in [6.45, 7) is 0.420. The minimum atomic E-state index is -1.89. The highest BCUT2D eigenvalue weighted by atomic mass is 79.9. The molecule has 2 aromatic carbocycles. The number of aliphatic hydroxyl groups is 1. The van der Waals surface area contributed by atoms with E-state index in [2.05, 4.69) is 20.9 Å². The smallest absolute Gasteiger partial charge is 0.264 e. The van der Waals surface area contributed by atoms with Gasteiger partial charge in [0, 0.05) is 34.5 Å². The molecule has 0 fully saturated rings. The third-order valence-electron chi connectivity index (χ3n) is 5.18. The Morgan fingerprint density at radius 3 is 2.52 bits per heavy atom. The molecule has 1 amide bonds. The summed E-state index contributed by atoms with van der Waals surface area (Å²) in [5.41, 5.74) is 0.713. The first-order valence-electron chi connectivity index (χ1n) is 9.30. The quantitative estimate of drug-likeness (QED) is 0.578. The van der Waals surface area contributed by atoms with Crippen LogP contribution in [0.5, 0.6) is 0 Å². The molecule has 0 spiro atoms. The van der Waals surface area contributed by atoms with Crippen LogP contribution in [0, 0.1) is 0 Å². The minimum absolute atomic E-state index is 0.306. The first-order valence-corrected chi connectivity index (χ1v) is 10.1. The average molecular weight is 451 g/mol. The molecular formula is C23H19BrN2O3. The predicted molar refractivity (Wildman–Crippen MR) is 114 cm³/mol. The molecule has 4 rings (SSSR count). The molecular weight excluding hydrogens is 432 g/mol. The molecule has 0 bridgehead atoms. The van der Waals surface area contributed by atoms with Gasteiger partial charge in [0.25, 0.3) is 5.91 Å². The van der Waals surface area contributed by atoms with Gasteiger partial charge in [-0.05, 0) is 42.3 Å². The van der Waals surface area contributed by atoms with E-state index in [9.17, 15) is 14.7 Å². The lowest BCUT2D eigenvalue weighted by Crippen LogP contribution is -2.42. The van der Waals surface area contributed by atoms with Gasteiger partial charge in [-0.15, -0.1) is 0 Å². The van der Waals surface area contributed by atoms with Crippen LogP contribution in [0.15, 0.2) is 77.5 Å². The van der Waals surface area contributed by atoms with E-state index in [0.717, 1.165) is 10.0 Å². The molecule has 0 saturated carbocycles. The highest BCUT2D eigenvalue weighted by Crippen LogP contribution is 2.44. The lowest BCUT2D eigenvalue weighted by atomic mass is 9.88. The minimum Gasteiger partial charge on any atom is -0.375 e. The summed E-state index contributed by atoms with van der Waals surface area (Å²) < 4.78 is 0.740. The Balaban J connectivity index is 1.65. The van der Waals surface area contributed by atoms with Gasteiger partial charge in [-0.25, -0.2) is 0 Å². The van der Waals surface area contributed by atoms with Gasteiger partial charge in [-0.1, -0.05) is 46.3 Å². The van der Waals surface area contributed by atoms with Gasteiger partial charge in [0.05, 0.1) is 12.1 Å². The van der Waals surface area contributed by atoms with Crippen molar-refractivity contribution in [1.82, 2.24) is 4.98 Å². The van der Waals surface area contributed by atoms with Crippen molar-refractivity contribution in [2.45, 2.75) is 18.4 Å². The van der Waals surface area contributed by atoms with Crippen molar-refractivity contribution >= 4 is 33.3 Å². The van der Waals surface area contributed by atoms with E-state index in [1.807, 2.05) is 36.4 Å². The molecule has 5 nitrogen and oxygen atoms in total. The molecule has 0 aliphatic carbocycles. The van der Waals surface area contributed by atoms with Crippen LogP contribution in [-0.2, 0) is 16.8 Å². The largest absolute Gasteiger partial charge is 0.375 e. The van der Waals surface area contributed by atoms with Crippen molar-refractivity contribution < 1.29 is 14.7 Å². The summed E-state index contributed by atoms with van der Waals surface area (Å²) >= 11 is 3.41. The van der Waals surface area contributed by atoms with Gasteiger partial charge in [0.15, 0.2) is 11.4 Å². The number of amides is 1. The Kier molecular flexibility index (Phi) is 5.30. The zero-order valence-corrected chi connectivity index (χ0v) is 17.2. The summed E-state index contributed by atoms with van der Waals surface area (Å²) in [5.74, 6) is -0.775. The van der Waals surface area contributed by atoms with Gasteiger partial charge in [0.2, 0.25) is 0 Å². The number of pyridine rings is 1. The summed E-state index contributed by atoms with van der Waals surface area (Å²) in [7, 11) is 0. The van der Waals surface area contributed by atoms with Crippen molar-refractivity contribution in [3.8, 4) is 0 Å². The lowest BCUT2D eigenvalue weighted by Gasteiger charge is -2.23. The standard InChI is InChI=1S/C23H19BrN2O3/c24-18-6-7-20-19(14-18)23(29,15-21(27)17-8-11-25-12-9-17)22(28)26(20)13-10-16-4-2-1-3-5-16/h1-9,11-12,14,29H,10,13,15H2. The fourth-order valence-electron chi connectivity index (χ4n) is 3.67. The van der Waals surface area contributed by atoms with E-state index in [0.29, 0.717) is 29.8 Å². The first-order chi connectivity index (χ1) is 14.0. The van der Waals surface area contributed by atoms with Gasteiger partial charge >= 0.3 is 0 Å². The molecule has 1 aliphatic rings. The predicted octanol–water partition coefficient (Wildman–Crippen LogP) is 3.89. The van der Waals surface area contributed by atoms with Gasteiger partial charge in [-0.3, -0.25) is 14.6 Å². The molecule has 0 saturated heterocycles. The van der Waals surface area contributed by atoms with Crippen molar-refractivity contribution in [2.75, 3.05) is 11.4 Å². The molecule has 1 aromatic heterocycles. The molecule has 2 heterocycles. The molecule has 0 radical (unpaired) electrons. The first kappa shape index (κ1) is 19.5. The molecule has 1 N–H and O–H groups in total. The summed E-state index contributed by atoms with van der Waals surface area (Å²) in [6, 6.07) is 18.4. The van der Waals surface area contributed by atoms with E-state index < -0.39 is 11.5 Å². The van der Waals surface area contributed by atoms with Crippen molar-refractivity contribution in [1.29, 1.82) is 0 Å².